The topological polar surface area (TPSA) is 18.5 Å². The van der Waals surface area contributed by atoms with Gasteiger partial charge in [0, 0.05) is 11.1 Å². The molecule has 3 heteroatoms. The first-order valence-corrected chi connectivity index (χ1v) is 5.54. The molecule has 1 atom stereocenters. The maximum atomic E-state index is 6.20. The predicted octanol–water partition coefficient (Wildman–Crippen LogP) is 4.04. The summed E-state index contributed by atoms with van der Waals surface area (Å²) in [5, 5.41) is 0.701. The van der Waals surface area contributed by atoms with Crippen LogP contribution >= 0.6 is 11.6 Å². The minimum absolute atomic E-state index is 0.324. The van der Waals surface area contributed by atoms with Gasteiger partial charge in [0.05, 0.1) is 14.2 Å². The second kappa shape index (κ2) is 5.80. The Labute approximate surface area is 102 Å². The Kier molecular flexibility index (Phi) is 4.69. The lowest BCUT2D eigenvalue weighted by molar-refractivity contribution is 0.354. The molecule has 0 spiro atoms. The second-order valence-corrected chi connectivity index (χ2v) is 4.06. The highest BCUT2D eigenvalue weighted by Gasteiger charge is 2.13. The summed E-state index contributed by atoms with van der Waals surface area (Å²) in [7, 11) is 3.22. The van der Waals surface area contributed by atoms with Crippen LogP contribution < -0.4 is 9.47 Å². The number of methoxy groups -OCH3 is 2. The van der Waals surface area contributed by atoms with Crippen molar-refractivity contribution in [3.63, 3.8) is 0 Å². The molecule has 0 aliphatic rings. The number of halogens is 1. The first kappa shape index (κ1) is 12.9. The van der Waals surface area contributed by atoms with Crippen LogP contribution in [0.25, 0.3) is 0 Å². The van der Waals surface area contributed by atoms with Crippen LogP contribution in [0, 0.1) is 0 Å². The molecule has 0 aliphatic carbocycles. The molecule has 1 unspecified atom stereocenters. The molecule has 0 saturated heterocycles. The average Bonchev–Trinajstić information content (AvgIpc) is 2.28. The molecule has 1 aromatic rings. The lowest BCUT2D eigenvalue weighted by Gasteiger charge is -2.15. The monoisotopic (exact) mass is 240 g/mol. The third kappa shape index (κ3) is 2.70. The molecule has 0 aliphatic heterocycles. The predicted molar refractivity (Wildman–Crippen MR) is 67.8 cm³/mol. The Morgan fingerprint density at radius 2 is 1.88 bits per heavy atom. The lowest BCUT2D eigenvalue weighted by Crippen LogP contribution is -1.97. The molecule has 0 N–H and O–H groups in total. The fourth-order valence-corrected chi connectivity index (χ4v) is 1.96. The van der Waals surface area contributed by atoms with E-state index in [0.717, 1.165) is 12.0 Å². The van der Waals surface area contributed by atoms with Crippen molar-refractivity contribution in [3.05, 3.63) is 35.4 Å². The Morgan fingerprint density at radius 1 is 1.31 bits per heavy atom. The summed E-state index contributed by atoms with van der Waals surface area (Å²) >= 11 is 6.20. The quantitative estimate of drug-likeness (QED) is 0.724. The molecule has 2 nitrogen and oxygen atoms in total. The summed E-state index contributed by atoms with van der Waals surface area (Å²) in [6.07, 6.45) is 2.77. The number of ether oxygens (including phenoxy) is 2. The highest BCUT2D eigenvalue weighted by Crippen LogP contribution is 2.37. The molecular weight excluding hydrogens is 224 g/mol. The van der Waals surface area contributed by atoms with Gasteiger partial charge in [-0.2, -0.15) is 0 Å². The van der Waals surface area contributed by atoms with Crippen LogP contribution in [0.15, 0.2) is 24.8 Å². The van der Waals surface area contributed by atoms with Crippen LogP contribution in [-0.4, -0.2) is 14.2 Å². The van der Waals surface area contributed by atoms with E-state index in [2.05, 4.69) is 13.5 Å². The second-order valence-electron chi connectivity index (χ2n) is 3.65. The Hall–Kier alpha value is -1.15. The van der Waals surface area contributed by atoms with Gasteiger partial charge in [0.1, 0.15) is 0 Å². The number of hydrogen-bond acceptors (Lipinski definition) is 2. The van der Waals surface area contributed by atoms with Gasteiger partial charge < -0.3 is 9.47 Å². The zero-order valence-corrected chi connectivity index (χ0v) is 10.7. The van der Waals surface area contributed by atoms with Crippen LogP contribution in [0.5, 0.6) is 11.5 Å². The number of rotatable bonds is 5. The molecule has 0 fully saturated rings. The van der Waals surface area contributed by atoms with Crippen molar-refractivity contribution in [1.82, 2.24) is 0 Å². The lowest BCUT2D eigenvalue weighted by atomic mass is 9.97. The zero-order chi connectivity index (χ0) is 12.1. The highest BCUT2D eigenvalue weighted by molar-refractivity contribution is 6.31. The first-order chi connectivity index (χ1) is 7.63. The Balaban J connectivity index is 3.15. The third-order valence-electron chi connectivity index (χ3n) is 2.55. The molecule has 0 bridgehead atoms. The molecule has 1 rings (SSSR count). The fourth-order valence-electron chi connectivity index (χ4n) is 1.62. The number of hydrogen-bond donors (Lipinski definition) is 0. The Morgan fingerprint density at radius 3 is 2.38 bits per heavy atom. The molecular formula is C13H17ClO2. The zero-order valence-electron chi connectivity index (χ0n) is 9.92. The first-order valence-electron chi connectivity index (χ1n) is 5.16. The van der Waals surface area contributed by atoms with Gasteiger partial charge in [-0.05, 0) is 24.0 Å². The van der Waals surface area contributed by atoms with E-state index < -0.39 is 0 Å². The molecule has 0 heterocycles. The molecule has 16 heavy (non-hydrogen) atoms. The van der Waals surface area contributed by atoms with Crippen molar-refractivity contribution in [1.29, 1.82) is 0 Å². The normalized spacial score (nSPS) is 12.0. The van der Waals surface area contributed by atoms with E-state index in [9.17, 15) is 0 Å². The van der Waals surface area contributed by atoms with E-state index in [0.29, 0.717) is 22.4 Å². The standard InChI is InChI=1S/C13H17ClO2/c1-5-6-9(2)10-7-12(15-3)13(16-4)8-11(10)14/h5,7-9H,1,6H2,2-4H3. The minimum Gasteiger partial charge on any atom is -0.493 e. The van der Waals surface area contributed by atoms with Crippen molar-refractivity contribution in [2.45, 2.75) is 19.3 Å². The van der Waals surface area contributed by atoms with Crippen molar-refractivity contribution >= 4 is 11.6 Å². The largest absolute Gasteiger partial charge is 0.493 e. The summed E-state index contributed by atoms with van der Waals surface area (Å²) in [5.41, 5.74) is 1.05. The molecule has 1 aromatic carbocycles. The third-order valence-corrected chi connectivity index (χ3v) is 2.88. The smallest absolute Gasteiger partial charge is 0.162 e. The van der Waals surface area contributed by atoms with E-state index in [-0.39, 0.29) is 0 Å². The molecule has 88 valence electrons. The maximum Gasteiger partial charge on any atom is 0.162 e. The average molecular weight is 241 g/mol. The van der Waals surface area contributed by atoms with Crippen LogP contribution in [0.2, 0.25) is 5.02 Å². The van der Waals surface area contributed by atoms with E-state index in [4.69, 9.17) is 21.1 Å². The van der Waals surface area contributed by atoms with Gasteiger partial charge in [0.25, 0.3) is 0 Å². The van der Waals surface area contributed by atoms with Crippen molar-refractivity contribution in [2.75, 3.05) is 14.2 Å². The summed E-state index contributed by atoms with van der Waals surface area (Å²) in [4.78, 5) is 0. The molecule has 0 saturated carbocycles. The number of benzene rings is 1. The van der Waals surface area contributed by atoms with E-state index >= 15 is 0 Å². The van der Waals surface area contributed by atoms with Crippen molar-refractivity contribution in [3.8, 4) is 11.5 Å². The van der Waals surface area contributed by atoms with Crippen LogP contribution in [0.4, 0.5) is 0 Å². The van der Waals surface area contributed by atoms with Gasteiger partial charge in [0.15, 0.2) is 11.5 Å². The molecule has 0 aromatic heterocycles. The highest BCUT2D eigenvalue weighted by atomic mass is 35.5. The van der Waals surface area contributed by atoms with Gasteiger partial charge in [-0.25, -0.2) is 0 Å². The fraction of sp³-hybridized carbons (Fsp3) is 0.385. The summed E-state index contributed by atoms with van der Waals surface area (Å²) < 4.78 is 10.4. The number of allylic oxidation sites excluding steroid dienone is 1. The molecule has 0 radical (unpaired) electrons. The van der Waals surface area contributed by atoms with Crippen LogP contribution in [0.1, 0.15) is 24.8 Å². The van der Waals surface area contributed by atoms with Gasteiger partial charge in [-0.3, -0.25) is 0 Å². The SMILES string of the molecule is C=CCC(C)c1cc(OC)c(OC)cc1Cl. The van der Waals surface area contributed by atoms with E-state index in [1.54, 1.807) is 20.3 Å². The maximum absolute atomic E-state index is 6.20. The van der Waals surface area contributed by atoms with E-state index in [1.165, 1.54) is 0 Å². The summed E-state index contributed by atoms with van der Waals surface area (Å²) in [5.74, 6) is 1.68. The van der Waals surface area contributed by atoms with Gasteiger partial charge in [-0.15, -0.1) is 6.58 Å². The van der Waals surface area contributed by atoms with Gasteiger partial charge in [-0.1, -0.05) is 24.6 Å². The molecule has 0 amide bonds. The van der Waals surface area contributed by atoms with Gasteiger partial charge in [0.2, 0.25) is 0 Å². The van der Waals surface area contributed by atoms with Gasteiger partial charge >= 0.3 is 0 Å². The minimum atomic E-state index is 0.324. The summed E-state index contributed by atoms with van der Waals surface area (Å²) in [6.45, 7) is 5.84. The van der Waals surface area contributed by atoms with Crippen LogP contribution in [-0.2, 0) is 0 Å². The Bertz CT molecular complexity index is 374. The van der Waals surface area contributed by atoms with Crippen molar-refractivity contribution < 1.29 is 9.47 Å². The van der Waals surface area contributed by atoms with Crippen molar-refractivity contribution in [2.24, 2.45) is 0 Å². The summed E-state index contributed by atoms with van der Waals surface area (Å²) in [6, 6.07) is 3.71. The van der Waals surface area contributed by atoms with E-state index in [1.807, 2.05) is 12.1 Å². The van der Waals surface area contributed by atoms with Crippen LogP contribution in [0.3, 0.4) is 0 Å².